The van der Waals surface area contributed by atoms with E-state index in [1.54, 1.807) is 0 Å². The Balaban J connectivity index is 1.77. The molecule has 2 aromatic rings. The fraction of sp³-hybridized carbons (Fsp3) is 0.278. The molecule has 1 aliphatic rings. The lowest BCUT2D eigenvalue weighted by molar-refractivity contribution is -0.117. The van der Waals surface area contributed by atoms with E-state index in [1.807, 2.05) is 0 Å². The third-order valence-corrected chi connectivity index (χ3v) is 5.77. The number of methoxy groups -OCH3 is 2. The molecule has 1 N–H and O–H groups in total. The second-order valence-electron chi connectivity index (χ2n) is 6.02. The van der Waals surface area contributed by atoms with Crippen LogP contribution in [0.1, 0.15) is 6.42 Å². The molecule has 1 amide bonds. The van der Waals surface area contributed by atoms with Gasteiger partial charge in [0.1, 0.15) is 5.82 Å². The molecule has 27 heavy (non-hydrogen) atoms. The van der Waals surface area contributed by atoms with Gasteiger partial charge in [0, 0.05) is 30.8 Å². The Labute approximate surface area is 156 Å². The predicted molar refractivity (Wildman–Crippen MR) is 97.0 cm³/mol. The van der Waals surface area contributed by atoms with Crippen LogP contribution in [0.2, 0.25) is 0 Å². The van der Waals surface area contributed by atoms with E-state index < -0.39 is 21.9 Å². The fourth-order valence-corrected chi connectivity index (χ4v) is 4.17. The van der Waals surface area contributed by atoms with Crippen molar-refractivity contribution in [3.63, 3.8) is 0 Å². The number of ether oxygens (including phenoxy) is 2. The number of amides is 1. The second-order valence-corrected chi connectivity index (χ2v) is 7.73. The van der Waals surface area contributed by atoms with E-state index in [0.717, 1.165) is 0 Å². The van der Waals surface area contributed by atoms with E-state index in [9.17, 15) is 17.6 Å². The molecule has 3 rings (SSSR count). The number of nitrogens with one attached hydrogen (secondary N) is 1. The number of carbonyl (C=O) groups excluding carboxylic acids is 1. The number of sulfonamides is 1. The highest BCUT2D eigenvalue weighted by molar-refractivity contribution is 7.89. The van der Waals surface area contributed by atoms with Crippen LogP contribution in [0.25, 0.3) is 0 Å². The topological polar surface area (TPSA) is 84.9 Å². The van der Waals surface area contributed by atoms with Crippen LogP contribution in [-0.4, -0.2) is 41.1 Å². The zero-order chi connectivity index (χ0) is 19.6. The molecule has 2 aromatic carbocycles. The second kappa shape index (κ2) is 7.53. The van der Waals surface area contributed by atoms with Crippen LogP contribution in [0.5, 0.6) is 11.5 Å². The van der Waals surface area contributed by atoms with Crippen LogP contribution in [0.15, 0.2) is 47.4 Å². The smallest absolute Gasteiger partial charge is 0.241 e. The predicted octanol–water partition coefficient (Wildman–Crippen LogP) is 1.93. The van der Waals surface area contributed by atoms with E-state index in [-0.39, 0.29) is 29.5 Å². The van der Waals surface area contributed by atoms with Crippen molar-refractivity contribution in [1.29, 1.82) is 0 Å². The molecule has 1 aliphatic heterocycles. The molecule has 1 heterocycles. The molecule has 0 bridgehead atoms. The molecule has 1 saturated heterocycles. The molecule has 1 atom stereocenters. The van der Waals surface area contributed by atoms with Gasteiger partial charge in [-0.15, -0.1) is 0 Å². The lowest BCUT2D eigenvalue weighted by atomic mass is 10.3. The Morgan fingerprint density at radius 1 is 1.07 bits per heavy atom. The van der Waals surface area contributed by atoms with E-state index in [4.69, 9.17) is 9.47 Å². The van der Waals surface area contributed by atoms with Gasteiger partial charge in [0.2, 0.25) is 15.9 Å². The van der Waals surface area contributed by atoms with Gasteiger partial charge in [-0.2, -0.15) is 0 Å². The molecule has 0 aliphatic carbocycles. The fourth-order valence-electron chi connectivity index (χ4n) is 2.93. The average Bonchev–Trinajstić information content (AvgIpc) is 3.01. The minimum absolute atomic E-state index is 0.00725. The first-order valence-corrected chi connectivity index (χ1v) is 9.62. The Kier molecular flexibility index (Phi) is 5.33. The van der Waals surface area contributed by atoms with Gasteiger partial charge in [0.15, 0.2) is 11.5 Å². The maximum Gasteiger partial charge on any atom is 0.241 e. The highest BCUT2D eigenvalue weighted by Crippen LogP contribution is 2.30. The third kappa shape index (κ3) is 4.04. The molecule has 0 aromatic heterocycles. The first-order chi connectivity index (χ1) is 12.8. The van der Waals surface area contributed by atoms with Crippen molar-refractivity contribution in [2.45, 2.75) is 17.4 Å². The van der Waals surface area contributed by atoms with Crippen molar-refractivity contribution < 1.29 is 27.1 Å². The number of rotatable bonds is 6. The first-order valence-electron chi connectivity index (χ1n) is 8.14. The summed E-state index contributed by atoms with van der Waals surface area (Å²) in [5.74, 6) is 0.0588. The van der Waals surface area contributed by atoms with Crippen molar-refractivity contribution in [3.8, 4) is 11.5 Å². The Hall–Kier alpha value is -2.65. The highest BCUT2D eigenvalue weighted by Gasteiger charge is 2.33. The van der Waals surface area contributed by atoms with Crippen LogP contribution in [-0.2, 0) is 14.8 Å². The average molecular weight is 394 g/mol. The molecular weight excluding hydrogens is 375 g/mol. The summed E-state index contributed by atoms with van der Waals surface area (Å²) in [6.45, 7) is 0.164. The largest absolute Gasteiger partial charge is 0.493 e. The van der Waals surface area contributed by atoms with Gasteiger partial charge in [-0.05, 0) is 36.4 Å². The Morgan fingerprint density at radius 3 is 2.37 bits per heavy atom. The normalized spacial score (nSPS) is 17.2. The van der Waals surface area contributed by atoms with Crippen molar-refractivity contribution in [3.05, 3.63) is 48.3 Å². The first kappa shape index (κ1) is 19.1. The van der Waals surface area contributed by atoms with Crippen LogP contribution in [0.3, 0.4) is 0 Å². The number of nitrogens with zero attached hydrogens (tertiary/aromatic N) is 1. The quantitative estimate of drug-likeness (QED) is 0.809. The number of hydrogen-bond donors (Lipinski definition) is 1. The highest BCUT2D eigenvalue weighted by atomic mass is 32.2. The zero-order valence-corrected chi connectivity index (χ0v) is 15.6. The Bertz CT molecular complexity index is 947. The number of carbonyl (C=O) groups is 1. The third-order valence-electron chi connectivity index (χ3n) is 4.25. The van der Waals surface area contributed by atoms with E-state index in [1.165, 1.54) is 61.6 Å². The molecule has 0 unspecified atom stereocenters. The van der Waals surface area contributed by atoms with Crippen LogP contribution in [0.4, 0.5) is 10.1 Å². The minimum atomic E-state index is -3.86. The lowest BCUT2D eigenvalue weighted by Crippen LogP contribution is -2.37. The van der Waals surface area contributed by atoms with E-state index in [0.29, 0.717) is 11.4 Å². The van der Waals surface area contributed by atoms with Crippen LogP contribution in [0, 0.1) is 5.82 Å². The maximum absolute atomic E-state index is 13.1. The van der Waals surface area contributed by atoms with Gasteiger partial charge in [-0.25, -0.2) is 17.5 Å². The van der Waals surface area contributed by atoms with Crippen LogP contribution < -0.4 is 19.1 Å². The summed E-state index contributed by atoms with van der Waals surface area (Å²) in [7, 11) is -0.990. The molecule has 0 radical (unpaired) electrons. The number of halogens is 1. The monoisotopic (exact) mass is 394 g/mol. The molecule has 144 valence electrons. The number of hydrogen-bond acceptors (Lipinski definition) is 5. The lowest BCUT2D eigenvalue weighted by Gasteiger charge is -2.17. The summed E-state index contributed by atoms with van der Waals surface area (Å²) in [5.41, 5.74) is 0.522. The summed E-state index contributed by atoms with van der Waals surface area (Å²) in [6, 6.07) is 9.14. The number of benzene rings is 2. The Morgan fingerprint density at radius 2 is 1.74 bits per heavy atom. The van der Waals surface area contributed by atoms with E-state index in [2.05, 4.69) is 4.72 Å². The van der Waals surface area contributed by atoms with Crippen molar-refractivity contribution in [2.75, 3.05) is 25.7 Å². The van der Waals surface area contributed by atoms with E-state index >= 15 is 0 Å². The maximum atomic E-state index is 13.1. The van der Waals surface area contributed by atoms with Gasteiger partial charge in [-0.1, -0.05) is 0 Å². The van der Waals surface area contributed by atoms with Gasteiger partial charge in [0.05, 0.1) is 19.1 Å². The SMILES string of the molecule is COc1ccc(S(=O)(=O)N[C@H]2CC(=O)N(c3ccc(F)cc3)C2)cc1OC. The summed E-state index contributed by atoms with van der Waals surface area (Å²) in [6.07, 6.45) is 0.0178. The standard InChI is InChI=1S/C18H19FN2O5S/c1-25-16-8-7-15(10-17(16)26-2)27(23,24)20-13-9-18(22)21(11-13)14-5-3-12(19)4-6-14/h3-8,10,13,20H,9,11H2,1-2H3/t13-/m0/s1. The molecule has 0 saturated carbocycles. The summed E-state index contributed by atoms with van der Waals surface area (Å²) < 4.78 is 51.2. The summed E-state index contributed by atoms with van der Waals surface area (Å²) in [5, 5.41) is 0. The van der Waals surface area contributed by atoms with Crippen molar-refractivity contribution in [1.82, 2.24) is 4.72 Å². The summed E-state index contributed by atoms with van der Waals surface area (Å²) >= 11 is 0. The van der Waals surface area contributed by atoms with Gasteiger partial charge >= 0.3 is 0 Å². The van der Waals surface area contributed by atoms with Crippen molar-refractivity contribution in [2.24, 2.45) is 0 Å². The van der Waals surface area contributed by atoms with Gasteiger partial charge < -0.3 is 14.4 Å². The molecule has 7 nitrogen and oxygen atoms in total. The molecule has 0 spiro atoms. The summed E-state index contributed by atoms with van der Waals surface area (Å²) in [4.78, 5) is 13.7. The zero-order valence-electron chi connectivity index (χ0n) is 14.8. The number of anilines is 1. The molecule has 9 heteroatoms. The molecule has 1 fully saturated rings. The van der Waals surface area contributed by atoms with Gasteiger partial charge in [0.25, 0.3) is 0 Å². The van der Waals surface area contributed by atoms with Crippen molar-refractivity contribution >= 4 is 21.6 Å². The van der Waals surface area contributed by atoms with Crippen LogP contribution >= 0.6 is 0 Å². The van der Waals surface area contributed by atoms with Gasteiger partial charge in [-0.3, -0.25) is 4.79 Å². The molecular formula is C18H19FN2O5S. The minimum Gasteiger partial charge on any atom is -0.493 e.